The lowest BCUT2D eigenvalue weighted by Crippen LogP contribution is -2.29. The van der Waals surface area contributed by atoms with Crippen LogP contribution in [0.5, 0.6) is 5.75 Å². The number of nitrogens with zero attached hydrogens (tertiary/aromatic N) is 1. The summed E-state index contributed by atoms with van der Waals surface area (Å²) in [5, 5.41) is 9.05. The average molecular weight is 261 g/mol. The molecule has 0 saturated heterocycles. The number of ether oxygens (including phenoxy) is 1. The Morgan fingerprint density at radius 3 is 3.05 bits per heavy atom. The molecule has 1 aromatic carbocycles. The van der Waals surface area contributed by atoms with Gasteiger partial charge in [-0.15, -0.1) is 0 Å². The second-order valence-corrected chi connectivity index (χ2v) is 5.62. The Labute approximate surface area is 113 Å². The van der Waals surface area contributed by atoms with Gasteiger partial charge in [0.1, 0.15) is 11.9 Å². The molecule has 0 amide bonds. The monoisotopic (exact) mass is 261 g/mol. The maximum atomic E-state index is 11.0. The number of hydrogen-bond acceptors (Lipinski definition) is 3. The van der Waals surface area contributed by atoms with Gasteiger partial charge < -0.3 is 14.7 Å². The molecule has 0 radical (unpaired) electrons. The Bertz CT molecular complexity index is 526. The summed E-state index contributed by atoms with van der Waals surface area (Å²) in [6.07, 6.45) is 2.26. The predicted molar refractivity (Wildman–Crippen MR) is 73.1 cm³/mol. The summed E-state index contributed by atoms with van der Waals surface area (Å²) in [5.74, 6) is 0.379. The minimum Gasteiger partial charge on any atom is -0.490 e. The highest BCUT2D eigenvalue weighted by Gasteiger charge is 2.31. The zero-order chi connectivity index (χ0) is 13.6. The average Bonchev–Trinajstić information content (AvgIpc) is 2.72. The Hall–Kier alpha value is -1.71. The lowest BCUT2D eigenvalue weighted by Gasteiger charge is -2.34. The number of carboxylic acids is 1. The van der Waals surface area contributed by atoms with Crippen LogP contribution in [0.15, 0.2) is 12.1 Å². The number of rotatable bonds is 2. The normalized spacial score (nSPS) is 24.6. The van der Waals surface area contributed by atoms with E-state index in [1.54, 1.807) is 0 Å². The Morgan fingerprint density at radius 2 is 2.32 bits per heavy atom. The second kappa shape index (κ2) is 4.44. The summed E-state index contributed by atoms with van der Waals surface area (Å²) in [5.41, 5.74) is 3.63. The van der Waals surface area contributed by atoms with E-state index in [0.29, 0.717) is 0 Å². The molecule has 0 aromatic heterocycles. The van der Waals surface area contributed by atoms with E-state index in [4.69, 9.17) is 9.84 Å². The van der Waals surface area contributed by atoms with Gasteiger partial charge in [0.25, 0.3) is 0 Å². The molecule has 0 spiro atoms. The van der Waals surface area contributed by atoms with Crippen molar-refractivity contribution >= 4 is 11.7 Å². The Kier molecular flexibility index (Phi) is 2.88. The van der Waals surface area contributed by atoms with E-state index < -0.39 is 5.97 Å². The Morgan fingerprint density at radius 1 is 1.53 bits per heavy atom. The number of carboxylic acid groups (broad SMARTS) is 1. The summed E-state index contributed by atoms with van der Waals surface area (Å²) in [4.78, 5) is 13.3. The number of benzene rings is 1. The van der Waals surface area contributed by atoms with Crippen molar-refractivity contribution in [2.75, 3.05) is 18.5 Å². The highest BCUT2D eigenvalue weighted by Crippen LogP contribution is 2.45. The molecule has 2 aliphatic heterocycles. The lowest BCUT2D eigenvalue weighted by atomic mass is 9.85. The van der Waals surface area contributed by atoms with Crippen molar-refractivity contribution in [3.8, 4) is 5.75 Å². The van der Waals surface area contributed by atoms with E-state index in [1.807, 2.05) is 6.07 Å². The van der Waals surface area contributed by atoms with Crippen LogP contribution >= 0.6 is 0 Å². The van der Waals surface area contributed by atoms with Crippen molar-refractivity contribution in [1.82, 2.24) is 0 Å². The van der Waals surface area contributed by atoms with E-state index in [2.05, 4.69) is 24.9 Å². The van der Waals surface area contributed by atoms with Gasteiger partial charge in [0.2, 0.25) is 0 Å². The van der Waals surface area contributed by atoms with Crippen LogP contribution in [0.1, 0.15) is 36.8 Å². The van der Waals surface area contributed by atoms with Crippen LogP contribution in [0, 0.1) is 0 Å². The largest absolute Gasteiger partial charge is 0.490 e. The van der Waals surface area contributed by atoms with Crippen LogP contribution in [0.4, 0.5) is 5.69 Å². The zero-order valence-corrected chi connectivity index (χ0v) is 11.3. The van der Waals surface area contributed by atoms with Crippen molar-refractivity contribution in [2.45, 2.75) is 38.2 Å². The van der Waals surface area contributed by atoms with Gasteiger partial charge in [-0.1, -0.05) is 6.07 Å². The molecule has 4 heteroatoms. The van der Waals surface area contributed by atoms with E-state index in [9.17, 15) is 4.79 Å². The van der Waals surface area contributed by atoms with Crippen LogP contribution in [0.2, 0.25) is 0 Å². The molecule has 2 aliphatic rings. The van der Waals surface area contributed by atoms with Crippen LogP contribution in [0.3, 0.4) is 0 Å². The first kappa shape index (κ1) is 12.3. The van der Waals surface area contributed by atoms with Gasteiger partial charge >= 0.3 is 5.97 Å². The molecule has 2 unspecified atom stereocenters. The molecule has 2 atom stereocenters. The third kappa shape index (κ3) is 2.05. The molecule has 1 N–H and O–H groups in total. The highest BCUT2D eigenvalue weighted by molar-refractivity contribution is 5.72. The van der Waals surface area contributed by atoms with Crippen molar-refractivity contribution in [2.24, 2.45) is 0 Å². The van der Waals surface area contributed by atoms with Gasteiger partial charge in [-0.05, 0) is 30.9 Å². The number of hydrogen-bond donors (Lipinski definition) is 1. The molecule has 0 fully saturated rings. The molecule has 0 bridgehead atoms. The van der Waals surface area contributed by atoms with Gasteiger partial charge in [0.05, 0.1) is 6.42 Å². The molecular weight excluding hydrogens is 242 g/mol. The van der Waals surface area contributed by atoms with E-state index in [-0.39, 0.29) is 18.4 Å². The highest BCUT2D eigenvalue weighted by atomic mass is 16.5. The van der Waals surface area contributed by atoms with Crippen molar-refractivity contribution in [1.29, 1.82) is 0 Å². The molecule has 2 heterocycles. The molecule has 1 aromatic rings. The molecular formula is C15H19NO3. The minimum atomic E-state index is -0.717. The maximum absolute atomic E-state index is 11.0. The fraction of sp³-hybridized carbons (Fsp3) is 0.533. The fourth-order valence-corrected chi connectivity index (χ4v) is 3.31. The number of carbonyl (C=O) groups is 1. The number of aliphatic carboxylic acids is 1. The van der Waals surface area contributed by atoms with Gasteiger partial charge in [-0.25, -0.2) is 0 Å². The van der Waals surface area contributed by atoms with Crippen LogP contribution in [0.25, 0.3) is 0 Å². The summed E-state index contributed by atoms with van der Waals surface area (Å²) >= 11 is 0. The fourth-order valence-electron chi connectivity index (χ4n) is 3.31. The molecule has 4 nitrogen and oxygen atoms in total. The van der Waals surface area contributed by atoms with E-state index >= 15 is 0 Å². The summed E-state index contributed by atoms with van der Waals surface area (Å²) in [7, 11) is 2.08. The first-order chi connectivity index (χ1) is 9.06. The summed E-state index contributed by atoms with van der Waals surface area (Å²) in [6.45, 7) is 2.99. The van der Waals surface area contributed by atoms with E-state index in [1.165, 1.54) is 16.8 Å². The van der Waals surface area contributed by atoms with Gasteiger partial charge in [-0.3, -0.25) is 4.79 Å². The molecule has 19 heavy (non-hydrogen) atoms. The molecule has 0 saturated carbocycles. The summed E-state index contributed by atoms with van der Waals surface area (Å²) < 4.78 is 5.79. The van der Waals surface area contributed by atoms with E-state index in [0.717, 1.165) is 25.1 Å². The zero-order valence-electron chi connectivity index (χ0n) is 11.3. The third-order valence-corrected chi connectivity index (χ3v) is 4.15. The van der Waals surface area contributed by atoms with Gasteiger partial charge in [0, 0.05) is 31.3 Å². The minimum absolute atomic E-state index is 0.130. The second-order valence-electron chi connectivity index (χ2n) is 5.62. The maximum Gasteiger partial charge on any atom is 0.303 e. The van der Waals surface area contributed by atoms with Crippen LogP contribution < -0.4 is 9.64 Å². The first-order valence-corrected chi connectivity index (χ1v) is 6.81. The predicted octanol–water partition coefficient (Wildman–Crippen LogP) is 2.41. The molecule has 0 aliphatic carbocycles. The molecule has 3 rings (SSSR count). The Balaban J connectivity index is 2.05. The lowest BCUT2D eigenvalue weighted by molar-refractivity contribution is -0.137. The van der Waals surface area contributed by atoms with Crippen LogP contribution in [-0.2, 0) is 11.2 Å². The summed E-state index contributed by atoms with van der Waals surface area (Å²) in [6, 6.07) is 4.06. The number of anilines is 1. The first-order valence-electron chi connectivity index (χ1n) is 6.81. The van der Waals surface area contributed by atoms with Crippen molar-refractivity contribution < 1.29 is 14.6 Å². The van der Waals surface area contributed by atoms with Crippen LogP contribution in [-0.4, -0.2) is 30.8 Å². The third-order valence-electron chi connectivity index (χ3n) is 4.15. The molecule has 102 valence electrons. The van der Waals surface area contributed by atoms with Gasteiger partial charge in [-0.2, -0.15) is 0 Å². The van der Waals surface area contributed by atoms with Crippen molar-refractivity contribution in [3.63, 3.8) is 0 Å². The smallest absolute Gasteiger partial charge is 0.303 e. The topological polar surface area (TPSA) is 49.8 Å². The quantitative estimate of drug-likeness (QED) is 0.888. The van der Waals surface area contributed by atoms with Crippen molar-refractivity contribution in [3.05, 3.63) is 23.3 Å². The SMILES string of the molecule is CC1Cc2c(ccc3c2N(C)CCC3CC(=O)O)O1. The van der Waals surface area contributed by atoms with Gasteiger partial charge in [0.15, 0.2) is 0 Å². The standard InChI is InChI=1S/C15H19NO3/c1-9-7-12-13(19-9)4-3-11-10(8-14(17)18)5-6-16(2)15(11)12/h3-4,9-10H,5-8H2,1-2H3,(H,17,18). The number of fused-ring (bicyclic) bond motifs is 3.